The van der Waals surface area contributed by atoms with E-state index >= 15 is 0 Å². The molecule has 11 aromatic rings. The number of thiophene rings is 1. The minimum Gasteiger partial charge on any atom is -0.310 e. The molecule has 0 unspecified atom stereocenters. The Morgan fingerprint density at radius 3 is 1.57 bits per heavy atom. The molecule has 0 atom stereocenters. The maximum Gasteiger partial charge on any atom is 0.0726 e. The van der Waals surface area contributed by atoms with Crippen LogP contribution in [0.2, 0.25) is 0 Å². The molecule has 0 amide bonds. The molecule has 0 radical (unpaired) electrons. The third kappa shape index (κ3) is 5.00. The average molecular weight is 792 g/mol. The number of fused-ring (bicyclic) bond motifs is 14. The van der Waals surface area contributed by atoms with Crippen molar-refractivity contribution in [2.75, 3.05) is 4.90 Å². The normalized spacial score (nSPS) is 13.0. The Balaban J connectivity index is 1.02. The molecule has 10 aromatic carbocycles. The topological polar surface area (TPSA) is 3.24 Å². The molecular weight excluding hydrogens is 755 g/mol. The van der Waals surface area contributed by atoms with Crippen molar-refractivity contribution in [2.24, 2.45) is 0 Å². The minimum atomic E-state index is -0.431. The zero-order valence-corrected chi connectivity index (χ0v) is 34.0. The molecule has 0 fully saturated rings. The van der Waals surface area contributed by atoms with Gasteiger partial charge in [0, 0.05) is 37.2 Å². The lowest BCUT2D eigenvalue weighted by atomic mass is 9.70. The molecule has 2 heteroatoms. The van der Waals surface area contributed by atoms with E-state index in [1.807, 2.05) is 11.3 Å². The van der Waals surface area contributed by atoms with Gasteiger partial charge in [0.25, 0.3) is 0 Å². The number of anilines is 3. The molecule has 13 rings (SSSR count). The molecule has 1 nitrogen and oxygen atoms in total. The van der Waals surface area contributed by atoms with Crippen molar-refractivity contribution in [1.82, 2.24) is 0 Å². The van der Waals surface area contributed by atoms with Gasteiger partial charge in [-0.15, -0.1) is 11.3 Å². The highest BCUT2D eigenvalue weighted by Crippen LogP contribution is 2.63. The fourth-order valence-corrected chi connectivity index (χ4v) is 11.8. The first-order chi connectivity index (χ1) is 30.2. The SMILES string of the molecule is c1cc(-c2ccc3sc4ccccc4c3c2)cc(N(c2ccc(-c3cccc4ccccc34)cc2)c2ccc3c(c2)C2(c4ccccc4-c4ccccc42)c2ccccc2-3)c1. The largest absolute Gasteiger partial charge is 0.310 e. The monoisotopic (exact) mass is 791 g/mol. The molecule has 0 aliphatic heterocycles. The Hall–Kier alpha value is -7.52. The van der Waals surface area contributed by atoms with Crippen LogP contribution in [0.3, 0.4) is 0 Å². The van der Waals surface area contributed by atoms with Gasteiger partial charge >= 0.3 is 0 Å². The summed E-state index contributed by atoms with van der Waals surface area (Å²) in [6, 6.07) is 83.6. The molecule has 2 aliphatic carbocycles. The number of nitrogens with zero attached hydrogens (tertiary/aromatic N) is 1. The van der Waals surface area contributed by atoms with E-state index in [1.54, 1.807) is 0 Å². The fraction of sp³-hybridized carbons (Fsp3) is 0.0169. The third-order valence-electron chi connectivity index (χ3n) is 13.3. The van der Waals surface area contributed by atoms with Gasteiger partial charge in [-0.25, -0.2) is 0 Å². The van der Waals surface area contributed by atoms with Crippen LogP contribution >= 0.6 is 11.3 Å². The van der Waals surface area contributed by atoms with Gasteiger partial charge in [-0.1, -0.05) is 170 Å². The molecule has 1 spiro atoms. The van der Waals surface area contributed by atoms with Crippen molar-refractivity contribution in [3.05, 3.63) is 247 Å². The first kappa shape index (κ1) is 34.4. The summed E-state index contributed by atoms with van der Waals surface area (Å²) in [4.78, 5) is 2.46. The van der Waals surface area contributed by atoms with Gasteiger partial charge in [0.15, 0.2) is 0 Å². The van der Waals surface area contributed by atoms with Gasteiger partial charge in [-0.05, 0) is 132 Å². The van der Waals surface area contributed by atoms with Crippen LogP contribution in [0.5, 0.6) is 0 Å². The lowest BCUT2D eigenvalue weighted by molar-refractivity contribution is 0.793. The fourth-order valence-electron chi connectivity index (χ4n) is 10.7. The zero-order chi connectivity index (χ0) is 40.1. The van der Waals surface area contributed by atoms with E-state index in [4.69, 9.17) is 0 Å². The quantitative estimate of drug-likeness (QED) is 0.168. The summed E-state index contributed by atoms with van der Waals surface area (Å²) in [7, 11) is 0. The van der Waals surface area contributed by atoms with Crippen LogP contribution in [0.25, 0.3) is 75.5 Å². The van der Waals surface area contributed by atoms with Crippen molar-refractivity contribution >= 4 is 59.3 Å². The Bertz CT molecular complexity index is 3490. The van der Waals surface area contributed by atoms with Crippen LogP contribution in [-0.4, -0.2) is 0 Å². The molecular formula is C59H37NS. The second-order valence-corrected chi connectivity index (χ2v) is 17.5. The van der Waals surface area contributed by atoms with Crippen molar-refractivity contribution in [3.63, 3.8) is 0 Å². The van der Waals surface area contributed by atoms with Gasteiger partial charge in [0.05, 0.1) is 5.41 Å². The molecule has 0 saturated carbocycles. The molecule has 0 saturated heterocycles. The molecule has 0 N–H and O–H groups in total. The molecule has 284 valence electrons. The number of rotatable bonds is 5. The van der Waals surface area contributed by atoms with Gasteiger partial charge in [-0.2, -0.15) is 0 Å². The maximum atomic E-state index is 2.49. The van der Waals surface area contributed by atoms with Crippen molar-refractivity contribution < 1.29 is 0 Å². The van der Waals surface area contributed by atoms with E-state index in [1.165, 1.54) is 97.7 Å². The summed E-state index contributed by atoms with van der Waals surface area (Å²) in [5.74, 6) is 0. The second kappa shape index (κ2) is 13.2. The summed E-state index contributed by atoms with van der Waals surface area (Å²) in [5.41, 5.74) is 18.4. The van der Waals surface area contributed by atoms with Gasteiger partial charge in [0.2, 0.25) is 0 Å². The Labute approximate surface area is 359 Å². The van der Waals surface area contributed by atoms with E-state index in [0.29, 0.717) is 0 Å². The van der Waals surface area contributed by atoms with Crippen molar-refractivity contribution in [3.8, 4) is 44.5 Å². The van der Waals surface area contributed by atoms with Crippen LogP contribution in [0.15, 0.2) is 224 Å². The first-order valence-corrected chi connectivity index (χ1v) is 21.9. The van der Waals surface area contributed by atoms with Gasteiger partial charge < -0.3 is 4.90 Å². The second-order valence-electron chi connectivity index (χ2n) is 16.4. The predicted molar refractivity (Wildman–Crippen MR) is 259 cm³/mol. The molecule has 1 heterocycles. The lowest BCUT2D eigenvalue weighted by Crippen LogP contribution is -2.26. The highest BCUT2D eigenvalue weighted by molar-refractivity contribution is 7.25. The summed E-state index contributed by atoms with van der Waals surface area (Å²) in [5, 5.41) is 5.14. The average Bonchev–Trinajstić information content (AvgIpc) is 3.95. The zero-order valence-electron chi connectivity index (χ0n) is 33.2. The Morgan fingerprint density at radius 2 is 0.820 bits per heavy atom. The van der Waals surface area contributed by atoms with Crippen LogP contribution in [-0.2, 0) is 5.41 Å². The maximum absolute atomic E-state index is 2.49. The van der Waals surface area contributed by atoms with Crippen LogP contribution in [0, 0.1) is 0 Å². The number of hydrogen-bond donors (Lipinski definition) is 0. The summed E-state index contributed by atoms with van der Waals surface area (Å²) in [6.07, 6.45) is 0. The van der Waals surface area contributed by atoms with E-state index in [9.17, 15) is 0 Å². The predicted octanol–water partition coefficient (Wildman–Crippen LogP) is 16.4. The number of benzene rings is 10. The van der Waals surface area contributed by atoms with E-state index in [0.717, 1.165) is 17.1 Å². The molecule has 2 aliphatic rings. The van der Waals surface area contributed by atoms with E-state index in [-0.39, 0.29) is 0 Å². The highest BCUT2D eigenvalue weighted by Gasteiger charge is 2.51. The first-order valence-electron chi connectivity index (χ1n) is 21.1. The van der Waals surface area contributed by atoms with Crippen molar-refractivity contribution in [1.29, 1.82) is 0 Å². The smallest absolute Gasteiger partial charge is 0.0726 e. The summed E-state index contributed by atoms with van der Waals surface area (Å²) in [6.45, 7) is 0. The van der Waals surface area contributed by atoms with Gasteiger partial charge in [-0.3, -0.25) is 0 Å². The Kier molecular flexibility index (Phi) is 7.46. The molecule has 61 heavy (non-hydrogen) atoms. The van der Waals surface area contributed by atoms with Crippen LogP contribution < -0.4 is 4.90 Å². The minimum absolute atomic E-state index is 0.431. The van der Waals surface area contributed by atoms with E-state index in [2.05, 4.69) is 229 Å². The summed E-state index contributed by atoms with van der Waals surface area (Å²) < 4.78 is 2.64. The summed E-state index contributed by atoms with van der Waals surface area (Å²) >= 11 is 1.86. The van der Waals surface area contributed by atoms with Crippen LogP contribution in [0.4, 0.5) is 17.1 Å². The number of hydrogen-bond acceptors (Lipinski definition) is 2. The van der Waals surface area contributed by atoms with E-state index < -0.39 is 5.41 Å². The van der Waals surface area contributed by atoms with Gasteiger partial charge in [0.1, 0.15) is 0 Å². The molecule has 0 bridgehead atoms. The van der Waals surface area contributed by atoms with Crippen LogP contribution in [0.1, 0.15) is 22.3 Å². The van der Waals surface area contributed by atoms with Crippen molar-refractivity contribution in [2.45, 2.75) is 5.41 Å². The third-order valence-corrected chi connectivity index (χ3v) is 14.4. The standard InChI is InChI=1S/C59H37NS/c1-2-17-45-38(13-1)14-12-22-46(45)39-27-30-42(31-28-39)60(43-16-11-15-40(35-43)41-29-34-58-52(36-41)51-21-6-10-26-57(51)61-58)44-32-33-50-49-20-5-9-25-55(49)59(56(50)37-44)53-23-7-3-18-47(53)48-19-4-8-24-54(48)59/h1-37H. The Morgan fingerprint density at radius 1 is 0.295 bits per heavy atom. The highest BCUT2D eigenvalue weighted by atomic mass is 32.1. The lowest BCUT2D eigenvalue weighted by Gasteiger charge is -2.32. The molecule has 1 aromatic heterocycles.